The minimum atomic E-state index is -0.254. The summed E-state index contributed by atoms with van der Waals surface area (Å²) in [6.07, 6.45) is 1.78. The van der Waals surface area contributed by atoms with Gasteiger partial charge in [-0.3, -0.25) is 9.79 Å². The van der Waals surface area contributed by atoms with Crippen molar-refractivity contribution in [2.24, 2.45) is 4.99 Å². The molecule has 1 amide bonds. The van der Waals surface area contributed by atoms with Gasteiger partial charge in [-0.15, -0.1) is 0 Å². The molecule has 5 nitrogen and oxygen atoms in total. The summed E-state index contributed by atoms with van der Waals surface area (Å²) in [6, 6.07) is 19.1. The van der Waals surface area contributed by atoms with Gasteiger partial charge in [0.2, 0.25) is 0 Å². The number of ether oxygens (including phenoxy) is 2. The summed E-state index contributed by atoms with van der Waals surface area (Å²) in [6.45, 7) is 3.93. The average molecular weight is 467 g/mol. The number of hydrogen-bond donors (Lipinski definition) is 1. The zero-order valence-electron chi connectivity index (χ0n) is 17.1. The maximum absolute atomic E-state index is 12.2. The normalized spacial score (nSPS) is 10.8. The number of rotatable bonds is 7. The summed E-state index contributed by atoms with van der Waals surface area (Å²) in [4.78, 5) is 16.8. The van der Waals surface area contributed by atoms with E-state index in [9.17, 15) is 4.79 Å². The molecule has 0 fully saturated rings. The fourth-order valence-electron chi connectivity index (χ4n) is 2.81. The summed E-state index contributed by atoms with van der Waals surface area (Å²) < 4.78 is 11.9. The lowest BCUT2D eigenvalue weighted by Crippen LogP contribution is -2.20. The number of nitrogens with zero attached hydrogens (tertiary/aromatic N) is 1. The Bertz CT molecular complexity index is 1070. The number of carbonyl (C=O) groups excluding carboxylic acids is 1. The molecule has 0 bridgehead atoms. The van der Waals surface area contributed by atoms with Gasteiger partial charge in [0.25, 0.3) is 5.91 Å². The monoisotopic (exact) mass is 466 g/mol. The lowest BCUT2D eigenvalue weighted by atomic mass is 10.1. The fourth-order valence-corrected chi connectivity index (χ4v) is 3.39. The number of nitrogens with one attached hydrogen (secondary N) is 1. The van der Waals surface area contributed by atoms with Crippen LogP contribution in [0.1, 0.15) is 16.7 Å². The minimum absolute atomic E-state index is 0.139. The second-order valence-corrected chi connectivity index (χ2v) is 7.64. The summed E-state index contributed by atoms with van der Waals surface area (Å²) in [5, 5.41) is 2.79. The van der Waals surface area contributed by atoms with Crippen molar-refractivity contribution < 1.29 is 14.3 Å². The fraction of sp³-hybridized carbons (Fsp3) is 0.167. The summed E-state index contributed by atoms with van der Waals surface area (Å²) in [7, 11) is 1.56. The van der Waals surface area contributed by atoms with E-state index in [4.69, 9.17) is 9.47 Å². The minimum Gasteiger partial charge on any atom is -0.493 e. The summed E-state index contributed by atoms with van der Waals surface area (Å²) >= 11 is 3.51. The van der Waals surface area contributed by atoms with Crippen LogP contribution in [0, 0.1) is 13.8 Å². The van der Waals surface area contributed by atoms with Crippen LogP contribution in [0.3, 0.4) is 0 Å². The molecule has 154 valence electrons. The molecule has 1 N–H and O–H groups in total. The molecule has 0 aromatic heterocycles. The van der Waals surface area contributed by atoms with Crippen molar-refractivity contribution >= 4 is 39.4 Å². The van der Waals surface area contributed by atoms with Crippen LogP contribution in [-0.2, 0) is 4.79 Å². The second kappa shape index (κ2) is 10.1. The topological polar surface area (TPSA) is 59.9 Å². The van der Waals surface area contributed by atoms with E-state index in [1.54, 1.807) is 13.3 Å². The first kappa shape index (κ1) is 21.6. The molecule has 0 saturated carbocycles. The van der Waals surface area contributed by atoms with Crippen LogP contribution in [0.4, 0.5) is 11.4 Å². The Balaban J connectivity index is 1.73. The SMILES string of the molecule is COc1cc(C=Nc2cc(C)ccc2C)cc(Br)c1OCC(=O)Nc1ccccc1. The standard InChI is InChI=1S/C24H23BrN2O3/c1-16-9-10-17(2)21(11-16)26-14-18-12-20(25)24(22(13-18)29-3)30-15-23(28)27-19-7-5-4-6-8-19/h4-14H,15H2,1-3H3,(H,27,28). The number of carbonyl (C=O) groups is 1. The maximum atomic E-state index is 12.2. The number of anilines is 1. The molecular weight excluding hydrogens is 444 g/mol. The van der Waals surface area contributed by atoms with Crippen LogP contribution in [0.15, 0.2) is 70.1 Å². The maximum Gasteiger partial charge on any atom is 0.262 e. The van der Waals surface area contributed by atoms with Crippen molar-refractivity contribution in [1.82, 2.24) is 0 Å². The zero-order chi connectivity index (χ0) is 21.5. The van der Waals surface area contributed by atoms with E-state index in [1.807, 2.05) is 62.4 Å². The highest BCUT2D eigenvalue weighted by Gasteiger charge is 2.13. The highest BCUT2D eigenvalue weighted by atomic mass is 79.9. The first-order chi connectivity index (χ1) is 14.5. The molecule has 0 atom stereocenters. The molecule has 30 heavy (non-hydrogen) atoms. The number of aliphatic imine (C=N–C) groups is 1. The van der Waals surface area contributed by atoms with E-state index in [0.717, 1.165) is 28.1 Å². The molecule has 0 unspecified atom stereocenters. The van der Waals surface area contributed by atoms with E-state index in [-0.39, 0.29) is 12.5 Å². The quantitative estimate of drug-likeness (QED) is 0.444. The number of amides is 1. The molecule has 3 aromatic rings. The summed E-state index contributed by atoms with van der Waals surface area (Å²) in [5.41, 5.74) is 4.75. The molecule has 6 heteroatoms. The highest BCUT2D eigenvalue weighted by Crippen LogP contribution is 2.36. The number of halogens is 1. The highest BCUT2D eigenvalue weighted by molar-refractivity contribution is 9.10. The Kier molecular flexibility index (Phi) is 7.25. The predicted molar refractivity (Wildman–Crippen MR) is 124 cm³/mol. The van der Waals surface area contributed by atoms with Gasteiger partial charge in [-0.1, -0.05) is 30.3 Å². The lowest BCUT2D eigenvalue weighted by molar-refractivity contribution is -0.118. The Morgan fingerprint density at radius 3 is 2.60 bits per heavy atom. The van der Waals surface area contributed by atoms with Crippen molar-refractivity contribution in [1.29, 1.82) is 0 Å². The van der Waals surface area contributed by atoms with Crippen molar-refractivity contribution in [2.45, 2.75) is 13.8 Å². The zero-order valence-corrected chi connectivity index (χ0v) is 18.7. The van der Waals surface area contributed by atoms with Gasteiger partial charge in [0.15, 0.2) is 18.1 Å². The molecule has 0 radical (unpaired) electrons. The van der Waals surface area contributed by atoms with Gasteiger partial charge in [-0.05, 0) is 76.8 Å². The number of para-hydroxylation sites is 1. The Morgan fingerprint density at radius 1 is 1.10 bits per heavy atom. The predicted octanol–water partition coefficient (Wildman–Crippen LogP) is 5.84. The van der Waals surface area contributed by atoms with Crippen molar-refractivity contribution in [3.8, 4) is 11.5 Å². The third kappa shape index (κ3) is 5.70. The number of methoxy groups -OCH3 is 1. The van der Waals surface area contributed by atoms with E-state index in [0.29, 0.717) is 16.0 Å². The molecule has 0 heterocycles. The van der Waals surface area contributed by atoms with Crippen LogP contribution < -0.4 is 14.8 Å². The van der Waals surface area contributed by atoms with E-state index < -0.39 is 0 Å². The second-order valence-electron chi connectivity index (χ2n) is 6.79. The third-order valence-corrected chi connectivity index (χ3v) is 4.96. The van der Waals surface area contributed by atoms with Gasteiger partial charge < -0.3 is 14.8 Å². The van der Waals surface area contributed by atoms with Gasteiger partial charge in [-0.2, -0.15) is 0 Å². The Labute approximate surface area is 184 Å². The molecule has 3 aromatic carbocycles. The first-order valence-electron chi connectivity index (χ1n) is 9.43. The van der Waals surface area contributed by atoms with Crippen LogP contribution in [0.5, 0.6) is 11.5 Å². The van der Waals surface area contributed by atoms with Gasteiger partial charge >= 0.3 is 0 Å². The largest absolute Gasteiger partial charge is 0.493 e. The molecule has 0 aliphatic carbocycles. The lowest BCUT2D eigenvalue weighted by Gasteiger charge is -2.13. The average Bonchev–Trinajstić information content (AvgIpc) is 2.74. The van der Waals surface area contributed by atoms with Gasteiger partial charge in [0.05, 0.1) is 17.3 Å². The number of aryl methyl sites for hydroxylation is 2. The molecule has 0 spiro atoms. The molecule has 0 saturated heterocycles. The molecule has 0 aliphatic heterocycles. The molecule has 0 aliphatic rings. The number of benzene rings is 3. The molecular formula is C24H23BrN2O3. The Morgan fingerprint density at radius 2 is 1.87 bits per heavy atom. The van der Waals surface area contributed by atoms with Crippen molar-refractivity contribution in [2.75, 3.05) is 19.0 Å². The summed E-state index contributed by atoms with van der Waals surface area (Å²) in [5.74, 6) is 0.722. The van der Waals surface area contributed by atoms with Crippen molar-refractivity contribution in [3.05, 3.63) is 81.8 Å². The van der Waals surface area contributed by atoms with Crippen LogP contribution in [-0.4, -0.2) is 25.8 Å². The van der Waals surface area contributed by atoms with E-state index in [2.05, 4.69) is 38.4 Å². The van der Waals surface area contributed by atoms with Crippen molar-refractivity contribution in [3.63, 3.8) is 0 Å². The van der Waals surface area contributed by atoms with Crippen LogP contribution in [0.2, 0.25) is 0 Å². The Hall–Kier alpha value is -3.12. The van der Waals surface area contributed by atoms with Gasteiger partial charge in [0, 0.05) is 11.9 Å². The van der Waals surface area contributed by atoms with E-state index in [1.165, 1.54) is 0 Å². The third-order valence-electron chi connectivity index (χ3n) is 4.37. The van der Waals surface area contributed by atoms with Gasteiger partial charge in [0.1, 0.15) is 0 Å². The van der Waals surface area contributed by atoms with Gasteiger partial charge in [-0.25, -0.2) is 0 Å². The number of hydrogen-bond acceptors (Lipinski definition) is 4. The smallest absolute Gasteiger partial charge is 0.262 e. The first-order valence-corrected chi connectivity index (χ1v) is 10.2. The van der Waals surface area contributed by atoms with Crippen LogP contribution in [0.25, 0.3) is 0 Å². The van der Waals surface area contributed by atoms with Crippen LogP contribution >= 0.6 is 15.9 Å². The molecule has 3 rings (SSSR count). The van der Waals surface area contributed by atoms with E-state index >= 15 is 0 Å².